The fourth-order valence-corrected chi connectivity index (χ4v) is 4.92. The molecular formula is C15H20BrFMg. The molecule has 0 atom stereocenters. The third kappa shape index (κ3) is 3.70. The Labute approximate surface area is 125 Å². The Balaban J connectivity index is 1.99. The lowest BCUT2D eigenvalue weighted by atomic mass is 9.77. The van der Waals surface area contributed by atoms with Gasteiger partial charge >= 0.3 is 18.2 Å². The van der Waals surface area contributed by atoms with Crippen molar-refractivity contribution in [3.63, 3.8) is 0 Å². The second kappa shape index (κ2) is 7.25. The maximum Gasteiger partial charge on any atom is 0.511 e. The highest BCUT2D eigenvalue weighted by molar-refractivity contribution is 9.23. The number of benzene rings is 1. The van der Waals surface area contributed by atoms with Gasteiger partial charge in [0.2, 0.25) is 0 Å². The van der Waals surface area contributed by atoms with Crippen LogP contribution in [0.5, 0.6) is 0 Å². The smallest absolute Gasteiger partial charge is 0.296 e. The highest BCUT2D eigenvalue weighted by Gasteiger charge is 2.22. The van der Waals surface area contributed by atoms with Gasteiger partial charge in [0.15, 0.2) is 0 Å². The van der Waals surface area contributed by atoms with Gasteiger partial charge in [0, 0.05) is 0 Å². The molecule has 0 N–H and O–H groups in total. The van der Waals surface area contributed by atoms with Crippen molar-refractivity contribution in [3.8, 4) is 0 Å². The van der Waals surface area contributed by atoms with Gasteiger partial charge in [-0.05, 0) is 49.1 Å². The summed E-state index contributed by atoms with van der Waals surface area (Å²) in [5.74, 6) is 1.52. The summed E-state index contributed by atoms with van der Waals surface area (Å²) in [5.41, 5.74) is 1.22. The van der Waals surface area contributed by atoms with Crippen molar-refractivity contribution < 1.29 is 4.39 Å². The van der Waals surface area contributed by atoms with Crippen molar-refractivity contribution in [3.05, 3.63) is 29.6 Å². The van der Waals surface area contributed by atoms with Crippen LogP contribution in [-0.2, 0) is 0 Å². The SMILES string of the molecule is CCC[C@H]1CC[C@H](c2cc[c]([Mg][Br])c(F)c2)CC1. The van der Waals surface area contributed by atoms with Gasteiger partial charge in [0.25, 0.3) is 0 Å². The van der Waals surface area contributed by atoms with Crippen molar-refractivity contribution in [1.29, 1.82) is 0 Å². The first-order valence-electron chi connectivity index (χ1n) is 7.08. The van der Waals surface area contributed by atoms with Gasteiger partial charge in [0.1, 0.15) is 0 Å². The fourth-order valence-electron chi connectivity index (χ4n) is 3.12. The van der Waals surface area contributed by atoms with Crippen molar-refractivity contribution >= 4 is 34.8 Å². The number of hydrogen-bond donors (Lipinski definition) is 0. The van der Waals surface area contributed by atoms with Gasteiger partial charge in [-0.2, -0.15) is 0 Å². The van der Waals surface area contributed by atoms with Crippen molar-refractivity contribution in [2.24, 2.45) is 5.92 Å². The van der Waals surface area contributed by atoms with Gasteiger partial charge in [-0.1, -0.05) is 31.9 Å². The Morgan fingerprint density at radius 3 is 2.56 bits per heavy atom. The zero-order chi connectivity index (χ0) is 13.0. The Kier molecular flexibility index (Phi) is 5.96. The minimum absolute atomic E-state index is 0.00623. The molecule has 0 amide bonds. The molecule has 0 saturated heterocycles. The second-order valence-corrected chi connectivity index (χ2v) is 8.20. The Bertz CT molecular complexity index is 386. The third-order valence-electron chi connectivity index (χ3n) is 4.24. The van der Waals surface area contributed by atoms with Gasteiger partial charge in [-0.25, -0.2) is 4.39 Å². The summed E-state index contributed by atoms with van der Waals surface area (Å²) in [6, 6.07) is 5.93. The van der Waals surface area contributed by atoms with E-state index < -0.39 is 18.2 Å². The monoisotopic (exact) mass is 322 g/mol. The van der Waals surface area contributed by atoms with Gasteiger partial charge < -0.3 is 0 Å². The molecule has 1 aromatic rings. The number of hydrogen-bond acceptors (Lipinski definition) is 0. The molecular weight excluding hydrogens is 303 g/mol. The maximum absolute atomic E-state index is 13.8. The predicted octanol–water partition coefficient (Wildman–Crippen LogP) is 4.54. The summed E-state index contributed by atoms with van der Waals surface area (Å²) in [5, 5.41) is 0. The first kappa shape index (κ1) is 14.8. The normalized spacial score (nSPS) is 23.7. The summed E-state index contributed by atoms with van der Waals surface area (Å²) in [4.78, 5) is 0. The van der Waals surface area contributed by atoms with E-state index in [-0.39, 0.29) is 5.82 Å². The lowest BCUT2D eigenvalue weighted by Gasteiger charge is -2.28. The summed E-state index contributed by atoms with van der Waals surface area (Å²) >= 11 is 2.89. The van der Waals surface area contributed by atoms with Crippen molar-refractivity contribution in [2.45, 2.75) is 51.4 Å². The molecule has 1 aliphatic carbocycles. The molecule has 96 valence electrons. The second-order valence-electron chi connectivity index (χ2n) is 5.49. The summed E-state index contributed by atoms with van der Waals surface area (Å²) in [6.07, 6.45) is 7.82. The molecule has 1 aromatic carbocycles. The molecule has 0 bridgehead atoms. The van der Waals surface area contributed by atoms with Crippen LogP contribution in [0, 0.1) is 11.7 Å². The van der Waals surface area contributed by atoms with Gasteiger partial charge in [0.05, 0.1) is 5.82 Å². The number of rotatable bonds is 4. The van der Waals surface area contributed by atoms with E-state index in [1.807, 2.05) is 6.07 Å². The van der Waals surface area contributed by atoms with E-state index in [2.05, 4.69) is 25.9 Å². The molecule has 0 spiro atoms. The standard InChI is InChI=1S/C15H20F.BrH.Mg/c1-2-4-12-7-9-13(10-8-12)14-5-3-6-15(16)11-14;;/h3,5,11-13H,2,4,7-10H2,1H3;1H;/q;;+1/p-1/t12-,13-;;. The van der Waals surface area contributed by atoms with Crippen LogP contribution in [0.15, 0.2) is 18.2 Å². The average Bonchev–Trinajstić information content (AvgIpc) is 2.40. The summed E-state index contributed by atoms with van der Waals surface area (Å²) in [7, 11) is 0. The van der Waals surface area contributed by atoms with E-state index in [1.54, 1.807) is 6.07 Å². The molecule has 18 heavy (non-hydrogen) atoms. The first-order chi connectivity index (χ1) is 8.74. The molecule has 3 heteroatoms. The maximum atomic E-state index is 13.8. The van der Waals surface area contributed by atoms with E-state index in [0.29, 0.717) is 5.92 Å². The molecule has 1 saturated carbocycles. The van der Waals surface area contributed by atoms with E-state index in [0.717, 1.165) is 9.61 Å². The zero-order valence-corrected chi connectivity index (χ0v) is 14.1. The highest BCUT2D eigenvalue weighted by Crippen LogP contribution is 2.37. The molecule has 0 radical (unpaired) electrons. The van der Waals surface area contributed by atoms with E-state index in [9.17, 15) is 4.39 Å². The van der Waals surface area contributed by atoms with Crippen molar-refractivity contribution in [2.75, 3.05) is 0 Å². The molecule has 2 rings (SSSR count). The van der Waals surface area contributed by atoms with Crippen LogP contribution in [0.4, 0.5) is 4.39 Å². The predicted molar refractivity (Wildman–Crippen MR) is 80.3 cm³/mol. The van der Waals surface area contributed by atoms with Crippen LogP contribution in [-0.4, -0.2) is 18.2 Å². The van der Waals surface area contributed by atoms with Crippen LogP contribution >= 0.6 is 12.9 Å². The van der Waals surface area contributed by atoms with Crippen LogP contribution in [0.25, 0.3) is 0 Å². The topological polar surface area (TPSA) is 0 Å². The Hall–Kier alpha value is 0.396. The Morgan fingerprint density at radius 1 is 1.28 bits per heavy atom. The largest absolute Gasteiger partial charge is 0.511 e. The Morgan fingerprint density at radius 2 is 2.00 bits per heavy atom. The minimum atomic E-state index is -0.560. The van der Waals surface area contributed by atoms with Crippen LogP contribution in [0.3, 0.4) is 0 Å². The highest BCUT2D eigenvalue weighted by atomic mass is 79.9. The third-order valence-corrected chi connectivity index (χ3v) is 6.91. The van der Waals surface area contributed by atoms with Crippen LogP contribution < -0.4 is 3.69 Å². The van der Waals surface area contributed by atoms with E-state index in [1.165, 1.54) is 44.1 Å². The zero-order valence-electron chi connectivity index (χ0n) is 11.1. The molecule has 0 unspecified atom stereocenters. The fraction of sp³-hybridized carbons (Fsp3) is 0.600. The molecule has 1 fully saturated rings. The molecule has 0 heterocycles. The lowest BCUT2D eigenvalue weighted by Crippen LogP contribution is -2.17. The van der Waals surface area contributed by atoms with E-state index in [4.69, 9.17) is 0 Å². The average molecular weight is 324 g/mol. The molecule has 0 nitrogen and oxygen atoms in total. The van der Waals surface area contributed by atoms with Gasteiger partial charge in [-0.15, -0.1) is 3.69 Å². The van der Waals surface area contributed by atoms with Crippen LogP contribution in [0.1, 0.15) is 56.9 Å². The van der Waals surface area contributed by atoms with Crippen LogP contribution in [0.2, 0.25) is 0 Å². The molecule has 0 aromatic heterocycles. The quantitative estimate of drug-likeness (QED) is 0.714. The van der Waals surface area contributed by atoms with E-state index >= 15 is 0 Å². The molecule has 1 aliphatic rings. The first-order valence-corrected chi connectivity index (χ1v) is 11.7. The minimum Gasteiger partial charge on any atom is -0.296 e. The number of halogens is 2. The van der Waals surface area contributed by atoms with Crippen molar-refractivity contribution in [1.82, 2.24) is 0 Å². The lowest BCUT2D eigenvalue weighted by molar-refractivity contribution is 0.308. The summed E-state index contributed by atoms with van der Waals surface area (Å²) in [6.45, 7) is 2.27. The molecule has 0 aliphatic heterocycles. The summed E-state index contributed by atoms with van der Waals surface area (Å²) < 4.78 is 14.7. The van der Waals surface area contributed by atoms with Gasteiger partial charge in [-0.3, -0.25) is 12.9 Å².